The third kappa shape index (κ3) is 0.586. The second-order valence-corrected chi connectivity index (χ2v) is 3.93. The monoisotopic (exact) mass is 125 g/mol. The minimum absolute atomic E-state index is 0.234. The Labute approximate surface area is 56.6 Å². The van der Waals surface area contributed by atoms with Gasteiger partial charge in [0, 0.05) is 5.54 Å². The zero-order valence-electron chi connectivity index (χ0n) is 6.06. The SMILES string of the molecule is CC1(N)C2CCCC1C2. The van der Waals surface area contributed by atoms with Gasteiger partial charge in [-0.15, -0.1) is 0 Å². The van der Waals surface area contributed by atoms with Gasteiger partial charge in [-0.05, 0) is 38.0 Å². The summed E-state index contributed by atoms with van der Waals surface area (Å²) in [6.07, 6.45) is 5.64. The maximum Gasteiger partial charge on any atom is 0.0183 e. The summed E-state index contributed by atoms with van der Waals surface area (Å²) >= 11 is 0. The second-order valence-electron chi connectivity index (χ2n) is 3.93. The van der Waals surface area contributed by atoms with E-state index < -0.39 is 0 Å². The third-order valence-corrected chi connectivity index (χ3v) is 3.43. The highest BCUT2D eigenvalue weighted by molar-refractivity contribution is 5.06. The number of rotatable bonds is 0. The van der Waals surface area contributed by atoms with E-state index in [0.29, 0.717) is 0 Å². The average molecular weight is 125 g/mol. The van der Waals surface area contributed by atoms with Gasteiger partial charge in [0.15, 0.2) is 0 Å². The lowest BCUT2D eigenvalue weighted by molar-refractivity contribution is -0.00299. The molecule has 3 fully saturated rings. The van der Waals surface area contributed by atoms with Gasteiger partial charge in [0.25, 0.3) is 0 Å². The van der Waals surface area contributed by atoms with Crippen LogP contribution in [0.1, 0.15) is 32.6 Å². The number of fused-ring (bicyclic) bond motifs is 2. The summed E-state index contributed by atoms with van der Waals surface area (Å²) in [4.78, 5) is 0. The molecule has 2 bridgehead atoms. The van der Waals surface area contributed by atoms with Crippen LogP contribution in [-0.2, 0) is 0 Å². The van der Waals surface area contributed by atoms with Crippen molar-refractivity contribution < 1.29 is 0 Å². The highest BCUT2D eigenvalue weighted by Gasteiger charge is 2.50. The summed E-state index contributed by atoms with van der Waals surface area (Å²) in [5, 5.41) is 0. The molecule has 1 nitrogen and oxygen atoms in total. The Morgan fingerprint density at radius 2 is 1.89 bits per heavy atom. The molecule has 0 amide bonds. The van der Waals surface area contributed by atoms with Crippen LogP contribution < -0.4 is 5.73 Å². The Morgan fingerprint density at radius 1 is 1.33 bits per heavy atom. The fraction of sp³-hybridized carbons (Fsp3) is 1.00. The van der Waals surface area contributed by atoms with Crippen LogP contribution in [0.2, 0.25) is 0 Å². The van der Waals surface area contributed by atoms with Gasteiger partial charge in [-0.3, -0.25) is 0 Å². The normalized spacial score (nSPS) is 56.7. The van der Waals surface area contributed by atoms with Crippen LogP contribution in [0.5, 0.6) is 0 Å². The van der Waals surface area contributed by atoms with Crippen LogP contribution in [0, 0.1) is 11.8 Å². The molecule has 3 saturated carbocycles. The van der Waals surface area contributed by atoms with Crippen molar-refractivity contribution in [3.8, 4) is 0 Å². The Kier molecular flexibility index (Phi) is 0.963. The van der Waals surface area contributed by atoms with Crippen molar-refractivity contribution in [2.75, 3.05) is 0 Å². The summed E-state index contributed by atoms with van der Waals surface area (Å²) in [5.41, 5.74) is 6.31. The molecule has 0 heterocycles. The van der Waals surface area contributed by atoms with Gasteiger partial charge in [-0.1, -0.05) is 6.42 Å². The van der Waals surface area contributed by atoms with E-state index in [1.807, 2.05) is 0 Å². The smallest absolute Gasteiger partial charge is 0.0183 e. The summed E-state index contributed by atoms with van der Waals surface area (Å²) in [6, 6.07) is 0. The zero-order valence-corrected chi connectivity index (χ0v) is 6.06. The van der Waals surface area contributed by atoms with Gasteiger partial charge in [0.1, 0.15) is 0 Å². The molecule has 3 rings (SSSR count). The summed E-state index contributed by atoms with van der Waals surface area (Å²) < 4.78 is 0. The maximum absolute atomic E-state index is 6.07. The highest BCUT2D eigenvalue weighted by Crippen LogP contribution is 2.51. The molecule has 0 aromatic heterocycles. The molecule has 2 atom stereocenters. The largest absolute Gasteiger partial charge is 0.325 e. The first-order valence-corrected chi connectivity index (χ1v) is 4.00. The first-order chi connectivity index (χ1) is 4.21. The molecule has 3 aliphatic rings. The summed E-state index contributed by atoms with van der Waals surface area (Å²) in [5.74, 6) is 1.74. The number of nitrogens with two attached hydrogens (primary N) is 1. The van der Waals surface area contributed by atoms with Gasteiger partial charge in [0.05, 0.1) is 0 Å². The Balaban J connectivity index is 2.13. The lowest BCUT2D eigenvalue weighted by Gasteiger charge is -2.56. The van der Waals surface area contributed by atoms with Crippen molar-refractivity contribution in [1.82, 2.24) is 0 Å². The quantitative estimate of drug-likeness (QED) is 0.522. The molecular weight excluding hydrogens is 110 g/mol. The summed E-state index contributed by atoms with van der Waals surface area (Å²) in [7, 11) is 0. The van der Waals surface area contributed by atoms with E-state index in [4.69, 9.17) is 5.73 Å². The Bertz CT molecular complexity index is 113. The summed E-state index contributed by atoms with van der Waals surface area (Å²) in [6.45, 7) is 2.23. The van der Waals surface area contributed by atoms with Crippen LogP contribution in [0.4, 0.5) is 0 Å². The molecule has 2 N–H and O–H groups in total. The maximum atomic E-state index is 6.07. The molecule has 3 aliphatic carbocycles. The van der Waals surface area contributed by atoms with Crippen molar-refractivity contribution in [3.63, 3.8) is 0 Å². The van der Waals surface area contributed by atoms with Crippen molar-refractivity contribution in [1.29, 1.82) is 0 Å². The van der Waals surface area contributed by atoms with E-state index in [2.05, 4.69) is 6.92 Å². The lowest BCUT2D eigenvalue weighted by Crippen LogP contribution is -2.62. The molecule has 0 saturated heterocycles. The molecule has 0 aliphatic heterocycles. The van der Waals surface area contributed by atoms with Gasteiger partial charge in [-0.2, -0.15) is 0 Å². The molecule has 1 heteroatoms. The van der Waals surface area contributed by atoms with E-state index in [1.165, 1.54) is 25.7 Å². The van der Waals surface area contributed by atoms with E-state index >= 15 is 0 Å². The molecule has 0 spiro atoms. The second kappa shape index (κ2) is 1.51. The lowest BCUT2D eigenvalue weighted by atomic mass is 9.53. The third-order valence-electron chi connectivity index (χ3n) is 3.43. The predicted octanol–water partition coefficient (Wildman–Crippen LogP) is 1.52. The molecule has 52 valence electrons. The topological polar surface area (TPSA) is 26.0 Å². The Morgan fingerprint density at radius 3 is 2.11 bits per heavy atom. The molecule has 0 aromatic rings. The fourth-order valence-corrected chi connectivity index (χ4v) is 2.49. The molecule has 0 aromatic carbocycles. The van der Waals surface area contributed by atoms with Crippen LogP contribution in [0.15, 0.2) is 0 Å². The van der Waals surface area contributed by atoms with Crippen molar-refractivity contribution in [3.05, 3.63) is 0 Å². The number of hydrogen-bond donors (Lipinski definition) is 1. The molecule has 0 radical (unpaired) electrons. The van der Waals surface area contributed by atoms with E-state index in [0.717, 1.165) is 11.8 Å². The minimum Gasteiger partial charge on any atom is -0.325 e. The van der Waals surface area contributed by atoms with Crippen LogP contribution in [0.25, 0.3) is 0 Å². The minimum atomic E-state index is 0.234. The average Bonchev–Trinajstić information content (AvgIpc) is 1.89. The standard InChI is InChI=1S/C8H15N/c1-8(9)6-3-2-4-7(8)5-6/h6-7H,2-5,9H2,1H3. The van der Waals surface area contributed by atoms with Crippen LogP contribution >= 0.6 is 0 Å². The molecule has 9 heavy (non-hydrogen) atoms. The highest BCUT2D eigenvalue weighted by atomic mass is 14.8. The van der Waals surface area contributed by atoms with Gasteiger partial charge >= 0.3 is 0 Å². The van der Waals surface area contributed by atoms with Crippen LogP contribution in [0.3, 0.4) is 0 Å². The molecule has 2 unspecified atom stereocenters. The zero-order chi connectivity index (χ0) is 6.48. The van der Waals surface area contributed by atoms with Crippen molar-refractivity contribution in [2.24, 2.45) is 17.6 Å². The van der Waals surface area contributed by atoms with Crippen molar-refractivity contribution >= 4 is 0 Å². The van der Waals surface area contributed by atoms with Gasteiger partial charge in [-0.25, -0.2) is 0 Å². The fourth-order valence-electron chi connectivity index (χ4n) is 2.49. The molecular formula is C8H15N. The van der Waals surface area contributed by atoms with E-state index in [9.17, 15) is 0 Å². The predicted molar refractivity (Wildman–Crippen MR) is 38.0 cm³/mol. The first-order valence-electron chi connectivity index (χ1n) is 4.00. The first kappa shape index (κ1) is 5.72. The van der Waals surface area contributed by atoms with Gasteiger partial charge < -0.3 is 5.73 Å². The van der Waals surface area contributed by atoms with Gasteiger partial charge in [0.2, 0.25) is 0 Å². The Hall–Kier alpha value is -0.0400. The number of hydrogen-bond acceptors (Lipinski definition) is 1. The van der Waals surface area contributed by atoms with E-state index in [1.54, 1.807) is 0 Å². The van der Waals surface area contributed by atoms with Crippen LogP contribution in [-0.4, -0.2) is 5.54 Å². The van der Waals surface area contributed by atoms with E-state index in [-0.39, 0.29) is 5.54 Å². The van der Waals surface area contributed by atoms with Crippen molar-refractivity contribution in [2.45, 2.75) is 38.1 Å².